The van der Waals surface area contributed by atoms with Crippen LogP contribution in [0.1, 0.15) is 19.4 Å². The van der Waals surface area contributed by atoms with Crippen molar-refractivity contribution in [2.75, 3.05) is 18.9 Å². The van der Waals surface area contributed by atoms with Gasteiger partial charge in [0.25, 0.3) is 0 Å². The quantitative estimate of drug-likeness (QED) is 0.850. The number of hydrogen-bond acceptors (Lipinski definition) is 3. The number of nitrogens with one attached hydrogen (secondary N) is 1. The Hall–Kier alpha value is -2.33. The first-order valence-electron chi connectivity index (χ1n) is 7.82. The lowest BCUT2D eigenvalue weighted by molar-refractivity contribution is -0.117. The zero-order chi connectivity index (χ0) is 16.7. The van der Waals surface area contributed by atoms with Gasteiger partial charge in [-0.05, 0) is 50.7 Å². The highest BCUT2D eigenvalue weighted by molar-refractivity contribution is 5.92. The van der Waals surface area contributed by atoms with E-state index < -0.39 is 0 Å². The molecule has 0 saturated carbocycles. The number of hydrogen-bond donors (Lipinski definition) is 1. The van der Waals surface area contributed by atoms with E-state index in [1.165, 1.54) is 5.56 Å². The Morgan fingerprint density at radius 3 is 2.35 bits per heavy atom. The first-order chi connectivity index (χ1) is 11.0. The van der Waals surface area contributed by atoms with Gasteiger partial charge >= 0.3 is 0 Å². The van der Waals surface area contributed by atoms with E-state index in [0.717, 1.165) is 18.0 Å². The highest BCUT2D eigenvalue weighted by Crippen LogP contribution is 2.16. The van der Waals surface area contributed by atoms with Crippen LogP contribution in [-0.4, -0.2) is 30.5 Å². The van der Waals surface area contributed by atoms with Crippen molar-refractivity contribution < 1.29 is 9.53 Å². The van der Waals surface area contributed by atoms with Gasteiger partial charge in [0.1, 0.15) is 5.75 Å². The smallest absolute Gasteiger partial charge is 0.238 e. The van der Waals surface area contributed by atoms with Gasteiger partial charge in [0.15, 0.2) is 0 Å². The van der Waals surface area contributed by atoms with Gasteiger partial charge in [-0.3, -0.25) is 9.69 Å². The third kappa shape index (κ3) is 6.12. The van der Waals surface area contributed by atoms with Crippen molar-refractivity contribution in [3.63, 3.8) is 0 Å². The maximum absolute atomic E-state index is 12.1. The fourth-order valence-corrected chi connectivity index (χ4v) is 2.29. The number of ether oxygens (including phenoxy) is 1. The van der Waals surface area contributed by atoms with Crippen LogP contribution in [0.5, 0.6) is 5.75 Å². The third-order valence-electron chi connectivity index (χ3n) is 3.22. The van der Waals surface area contributed by atoms with E-state index in [1.54, 1.807) is 0 Å². The molecule has 0 radical (unpaired) electrons. The maximum atomic E-state index is 12.1. The molecular formula is C19H24N2O2. The van der Waals surface area contributed by atoms with Gasteiger partial charge in [0, 0.05) is 12.2 Å². The van der Waals surface area contributed by atoms with Crippen LogP contribution in [0.2, 0.25) is 0 Å². The van der Waals surface area contributed by atoms with Gasteiger partial charge in [-0.15, -0.1) is 0 Å². The Labute approximate surface area is 138 Å². The zero-order valence-corrected chi connectivity index (χ0v) is 14.0. The number of carbonyl (C=O) groups excluding carboxylic acids is 1. The SMILES string of the molecule is CC(C)Oc1ccc(NC(=O)CN(C)Cc2ccccc2)cc1. The van der Waals surface area contributed by atoms with Gasteiger partial charge in [0.2, 0.25) is 5.91 Å². The molecule has 0 saturated heterocycles. The molecule has 4 nitrogen and oxygen atoms in total. The lowest BCUT2D eigenvalue weighted by Gasteiger charge is -2.16. The molecule has 0 bridgehead atoms. The largest absolute Gasteiger partial charge is 0.491 e. The topological polar surface area (TPSA) is 41.6 Å². The lowest BCUT2D eigenvalue weighted by atomic mass is 10.2. The Morgan fingerprint density at radius 1 is 1.09 bits per heavy atom. The predicted molar refractivity (Wildman–Crippen MR) is 93.6 cm³/mol. The van der Waals surface area contributed by atoms with Gasteiger partial charge in [-0.2, -0.15) is 0 Å². The Kier molecular flexibility index (Phi) is 6.18. The molecule has 0 aliphatic carbocycles. The minimum Gasteiger partial charge on any atom is -0.491 e. The summed E-state index contributed by atoms with van der Waals surface area (Å²) in [7, 11) is 1.94. The summed E-state index contributed by atoms with van der Waals surface area (Å²) in [5.41, 5.74) is 1.97. The summed E-state index contributed by atoms with van der Waals surface area (Å²) >= 11 is 0. The summed E-state index contributed by atoms with van der Waals surface area (Å²) in [6, 6.07) is 17.5. The van der Waals surface area contributed by atoms with Crippen LogP contribution in [0.25, 0.3) is 0 Å². The molecule has 0 aromatic heterocycles. The second-order valence-electron chi connectivity index (χ2n) is 5.90. The normalized spacial score (nSPS) is 10.8. The molecule has 2 aromatic carbocycles. The third-order valence-corrected chi connectivity index (χ3v) is 3.22. The molecular weight excluding hydrogens is 288 g/mol. The van der Waals surface area contributed by atoms with Crippen LogP contribution in [0.15, 0.2) is 54.6 Å². The van der Waals surface area contributed by atoms with Crippen molar-refractivity contribution in [3.05, 3.63) is 60.2 Å². The van der Waals surface area contributed by atoms with E-state index in [1.807, 2.05) is 68.3 Å². The van der Waals surface area contributed by atoms with Crippen molar-refractivity contribution in [2.24, 2.45) is 0 Å². The van der Waals surface area contributed by atoms with Crippen LogP contribution in [-0.2, 0) is 11.3 Å². The average molecular weight is 312 g/mol. The van der Waals surface area contributed by atoms with Crippen molar-refractivity contribution in [3.8, 4) is 5.75 Å². The number of amides is 1. The molecule has 1 amide bonds. The molecule has 0 unspecified atom stereocenters. The zero-order valence-electron chi connectivity index (χ0n) is 14.0. The molecule has 2 rings (SSSR count). The maximum Gasteiger partial charge on any atom is 0.238 e. The van der Waals surface area contributed by atoms with E-state index in [4.69, 9.17) is 4.74 Å². The number of nitrogens with zero attached hydrogens (tertiary/aromatic N) is 1. The first-order valence-corrected chi connectivity index (χ1v) is 7.82. The van der Waals surface area contributed by atoms with Gasteiger partial charge < -0.3 is 10.1 Å². The average Bonchev–Trinajstić information content (AvgIpc) is 2.49. The molecule has 0 aliphatic heterocycles. The number of rotatable bonds is 7. The molecule has 0 spiro atoms. The summed E-state index contributed by atoms with van der Waals surface area (Å²) < 4.78 is 5.58. The number of likely N-dealkylation sites (N-methyl/N-ethyl adjacent to an activating group) is 1. The van der Waals surface area contributed by atoms with Gasteiger partial charge in [0.05, 0.1) is 12.6 Å². The van der Waals surface area contributed by atoms with Gasteiger partial charge in [-0.25, -0.2) is 0 Å². The lowest BCUT2D eigenvalue weighted by Crippen LogP contribution is -2.29. The fourth-order valence-electron chi connectivity index (χ4n) is 2.29. The monoisotopic (exact) mass is 312 g/mol. The summed E-state index contributed by atoms with van der Waals surface area (Å²) in [6.07, 6.45) is 0.141. The van der Waals surface area contributed by atoms with Crippen molar-refractivity contribution in [2.45, 2.75) is 26.5 Å². The standard InChI is InChI=1S/C19H24N2O2/c1-15(2)23-18-11-9-17(10-12-18)20-19(22)14-21(3)13-16-7-5-4-6-8-16/h4-12,15H,13-14H2,1-3H3,(H,20,22). The first kappa shape index (κ1) is 17.0. The number of anilines is 1. The van der Waals surface area contributed by atoms with E-state index in [-0.39, 0.29) is 12.0 Å². The van der Waals surface area contributed by atoms with E-state index in [9.17, 15) is 4.79 Å². The minimum absolute atomic E-state index is 0.0269. The molecule has 0 fully saturated rings. The highest BCUT2D eigenvalue weighted by atomic mass is 16.5. The second kappa shape index (κ2) is 8.34. The van der Waals surface area contributed by atoms with Crippen molar-refractivity contribution in [1.82, 2.24) is 4.90 Å². The molecule has 0 heterocycles. The Morgan fingerprint density at radius 2 is 1.74 bits per heavy atom. The molecule has 0 aliphatic rings. The summed E-state index contributed by atoms with van der Waals surface area (Å²) in [4.78, 5) is 14.1. The van der Waals surface area contributed by atoms with Crippen LogP contribution in [0.3, 0.4) is 0 Å². The van der Waals surface area contributed by atoms with E-state index >= 15 is 0 Å². The van der Waals surface area contributed by atoms with Crippen LogP contribution in [0.4, 0.5) is 5.69 Å². The van der Waals surface area contributed by atoms with E-state index in [2.05, 4.69) is 17.4 Å². The highest BCUT2D eigenvalue weighted by Gasteiger charge is 2.08. The minimum atomic E-state index is -0.0269. The van der Waals surface area contributed by atoms with Crippen molar-refractivity contribution >= 4 is 11.6 Å². The molecule has 2 aromatic rings. The predicted octanol–water partition coefficient (Wildman–Crippen LogP) is 3.54. The Bertz CT molecular complexity index is 609. The Balaban J connectivity index is 1.82. The van der Waals surface area contributed by atoms with Crippen molar-refractivity contribution in [1.29, 1.82) is 0 Å². The summed E-state index contributed by atoms with van der Waals surface area (Å²) in [5, 5.41) is 2.90. The number of carbonyl (C=O) groups is 1. The number of benzene rings is 2. The molecule has 23 heavy (non-hydrogen) atoms. The van der Waals surface area contributed by atoms with Crippen LogP contribution < -0.4 is 10.1 Å². The second-order valence-corrected chi connectivity index (χ2v) is 5.90. The molecule has 122 valence electrons. The fraction of sp³-hybridized carbons (Fsp3) is 0.316. The van der Waals surface area contributed by atoms with Crippen LogP contribution in [0, 0.1) is 0 Å². The van der Waals surface area contributed by atoms with Crippen LogP contribution >= 0.6 is 0 Å². The molecule has 0 atom stereocenters. The summed E-state index contributed by atoms with van der Waals surface area (Å²) in [5.74, 6) is 0.778. The molecule has 1 N–H and O–H groups in total. The summed E-state index contributed by atoms with van der Waals surface area (Å²) in [6.45, 7) is 5.06. The van der Waals surface area contributed by atoms with E-state index in [0.29, 0.717) is 6.54 Å². The van der Waals surface area contributed by atoms with Gasteiger partial charge in [-0.1, -0.05) is 30.3 Å². The molecule has 4 heteroatoms.